The van der Waals surface area contributed by atoms with E-state index in [2.05, 4.69) is 36.2 Å². The van der Waals surface area contributed by atoms with E-state index in [1.807, 2.05) is 47.8 Å². The fraction of sp³-hybridized carbons (Fsp3) is 0.536. The Morgan fingerprint density at radius 3 is 2.47 bits per heavy atom. The van der Waals surface area contributed by atoms with Crippen molar-refractivity contribution in [2.24, 2.45) is 10.4 Å². The highest BCUT2D eigenvalue weighted by Gasteiger charge is 2.43. The smallest absolute Gasteiger partial charge is 0.270 e. The zero-order chi connectivity index (χ0) is 25.8. The SMILES string of the molecule is CC(C)NC(=O)C1=NCc2ccc(C(=O)N3CCC4(CC3)CC(=O)c3nn(C(C)(C)C)cc3C4)cc21. The summed E-state index contributed by atoms with van der Waals surface area (Å²) in [7, 11) is 0. The molecule has 190 valence electrons. The second-order valence-electron chi connectivity index (χ2n) is 11.9. The van der Waals surface area contributed by atoms with Crippen molar-refractivity contribution in [2.45, 2.75) is 78.4 Å². The molecular formula is C28H35N5O3. The van der Waals surface area contributed by atoms with E-state index in [0.29, 0.717) is 43.0 Å². The molecule has 8 nitrogen and oxygen atoms in total. The lowest BCUT2D eigenvalue weighted by Crippen LogP contribution is -2.46. The molecule has 36 heavy (non-hydrogen) atoms. The number of ketones is 1. The predicted molar refractivity (Wildman–Crippen MR) is 137 cm³/mol. The molecule has 0 unspecified atom stereocenters. The summed E-state index contributed by atoms with van der Waals surface area (Å²) in [5, 5.41) is 7.48. The monoisotopic (exact) mass is 489 g/mol. The molecule has 8 heteroatoms. The van der Waals surface area contributed by atoms with Gasteiger partial charge in [-0.25, -0.2) is 0 Å². The quantitative estimate of drug-likeness (QED) is 0.714. The first-order valence-corrected chi connectivity index (χ1v) is 12.9. The molecular weight excluding hydrogens is 454 g/mol. The molecule has 1 N–H and O–H groups in total. The van der Waals surface area contributed by atoms with Crippen molar-refractivity contribution in [3.05, 3.63) is 52.3 Å². The average Bonchev–Trinajstić information content (AvgIpc) is 3.43. The number of nitrogens with one attached hydrogen (secondary N) is 1. The summed E-state index contributed by atoms with van der Waals surface area (Å²) in [6, 6.07) is 5.56. The lowest BCUT2D eigenvalue weighted by Gasteiger charge is -2.43. The van der Waals surface area contributed by atoms with Gasteiger partial charge in [-0.05, 0) is 77.0 Å². The van der Waals surface area contributed by atoms with Crippen molar-refractivity contribution in [1.82, 2.24) is 20.0 Å². The van der Waals surface area contributed by atoms with E-state index in [1.54, 1.807) is 0 Å². The van der Waals surface area contributed by atoms with Gasteiger partial charge in [0.2, 0.25) is 0 Å². The second kappa shape index (κ2) is 8.68. The van der Waals surface area contributed by atoms with Crippen molar-refractivity contribution in [3.8, 4) is 0 Å². The van der Waals surface area contributed by atoms with E-state index in [4.69, 9.17) is 0 Å². The van der Waals surface area contributed by atoms with E-state index in [9.17, 15) is 14.4 Å². The topological polar surface area (TPSA) is 96.7 Å². The third-order valence-electron chi connectivity index (χ3n) is 7.61. The first-order valence-electron chi connectivity index (χ1n) is 12.9. The molecule has 2 aromatic rings. The number of fused-ring (bicyclic) bond motifs is 2. The van der Waals surface area contributed by atoms with Gasteiger partial charge in [0.25, 0.3) is 11.8 Å². The molecule has 2 aliphatic heterocycles. The van der Waals surface area contributed by atoms with Crippen molar-refractivity contribution in [2.75, 3.05) is 13.1 Å². The number of aliphatic imine (C=N–C) groups is 1. The number of likely N-dealkylation sites (tertiary alicyclic amines) is 1. The fourth-order valence-corrected chi connectivity index (χ4v) is 5.57. The van der Waals surface area contributed by atoms with Crippen LogP contribution in [0, 0.1) is 5.41 Å². The number of Topliss-reactive ketones (excluding diaryl/α,β-unsaturated/α-hetero) is 1. The van der Waals surface area contributed by atoms with Crippen LogP contribution in [-0.2, 0) is 23.3 Å². The Bertz CT molecular complexity index is 1270. The average molecular weight is 490 g/mol. The summed E-state index contributed by atoms with van der Waals surface area (Å²) >= 11 is 0. The molecule has 0 radical (unpaired) electrons. The molecule has 0 bridgehead atoms. The Morgan fingerprint density at radius 2 is 1.81 bits per heavy atom. The van der Waals surface area contributed by atoms with Crippen LogP contribution in [0.1, 0.15) is 91.4 Å². The minimum atomic E-state index is -0.204. The zero-order valence-electron chi connectivity index (χ0n) is 21.9. The standard InChI is InChI=1S/C28H35N5O3/c1-17(2)30-25(35)24-21-12-18(6-7-19(21)15-29-24)26(36)32-10-8-28(9-11-32)13-20-16-33(27(3,4)5)31-23(20)22(34)14-28/h6-7,12,16-17H,8-11,13-15H2,1-5H3,(H,30,35). The first-order chi connectivity index (χ1) is 17.0. The summed E-state index contributed by atoms with van der Waals surface area (Å²) < 4.78 is 1.90. The largest absolute Gasteiger partial charge is 0.349 e. The number of amides is 2. The Hall–Kier alpha value is -3.29. The Morgan fingerprint density at radius 1 is 1.08 bits per heavy atom. The third-order valence-corrected chi connectivity index (χ3v) is 7.61. The number of piperidine rings is 1. The van der Waals surface area contributed by atoms with Crippen LogP contribution in [-0.4, -0.2) is 57.1 Å². The zero-order valence-corrected chi connectivity index (χ0v) is 21.9. The normalized spacial score (nSPS) is 18.8. The van der Waals surface area contributed by atoms with Crippen LogP contribution < -0.4 is 5.32 Å². The number of hydrogen-bond acceptors (Lipinski definition) is 5. The molecule has 0 saturated carbocycles. The number of carbonyl (C=O) groups excluding carboxylic acids is 3. The van der Waals surface area contributed by atoms with E-state index in [-0.39, 0.29) is 34.6 Å². The van der Waals surface area contributed by atoms with Gasteiger partial charge in [-0.3, -0.25) is 24.1 Å². The number of hydrogen-bond donors (Lipinski definition) is 1. The summed E-state index contributed by atoms with van der Waals surface area (Å²) in [5.41, 5.74) is 4.05. The molecule has 1 spiro atoms. The maximum absolute atomic E-state index is 13.4. The minimum absolute atomic E-state index is 0.0142. The maximum Gasteiger partial charge on any atom is 0.270 e. The van der Waals surface area contributed by atoms with Crippen molar-refractivity contribution in [3.63, 3.8) is 0 Å². The van der Waals surface area contributed by atoms with Gasteiger partial charge >= 0.3 is 0 Å². The predicted octanol–water partition coefficient (Wildman–Crippen LogP) is 3.52. The molecule has 5 rings (SSSR count). The highest BCUT2D eigenvalue weighted by Crippen LogP contribution is 2.43. The highest BCUT2D eigenvalue weighted by atomic mass is 16.2. The van der Waals surface area contributed by atoms with E-state index in [0.717, 1.165) is 36.0 Å². The highest BCUT2D eigenvalue weighted by molar-refractivity contribution is 6.46. The van der Waals surface area contributed by atoms with Crippen LogP contribution in [0.4, 0.5) is 0 Å². The molecule has 1 fully saturated rings. The van der Waals surface area contributed by atoms with Crippen LogP contribution in [0.2, 0.25) is 0 Å². The van der Waals surface area contributed by atoms with Crippen LogP contribution in [0.5, 0.6) is 0 Å². The second-order valence-corrected chi connectivity index (χ2v) is 11.9. The summed E-state index contributed by atoms with van der Waals surface area (Å²) in [6.07, 6.45) is 4.94. The first kappa shape index (κ1) is 24.4. The summed E-state index contributed by atoms with van der Waals surface area (Å²) in [4.78, 5) is 45.3. The molecule has 1 aliphatic carbocycles. The minimum Gasteiger partial charge on any atom is -0.349 e. The Labute approximate surface area is 212 Å². The van der Waals surface area contributed by atoms with Crippen LogP contribution >= 0.6 is 0 Å². The van der Waals surface area contributed by atoms with Crippen LogP contribution in [0.25, 0.3) is 0 Å². The molecule has 1 aromatic carbocycles. The van der Waals surface area contributed by atoms with Gasteiger partial charge < -0.3 is 10.2 Å². The van der Waals surface area contributed by atoms with Gasteiger partial charge in [-0.15, -0.1) is 0 Å². The van der Waals surface area contributed by atoms with Crippen molar-refractivity contribution >= 4 is 23.3 Å². The Kier molecular flexibility index (Phi) is 5.88. The van der Waals surface area contributed by atoms with E-state index < -0.39 is 0 Å². The van der Waals surface area contributed by atoms with Gasteiger partial charge in [0.15, 0.2) is 5.78 Å². The molecule has 0 atom stereocenters. The molecule has 1 saturated heterocycles. The summed E-state index contributed by atoms with van der Waals surface area (Å²) in [5.74, 6) is -0.125. The van der Waals surface area contributed by atoms with E-state index >= 15 is 0 Å². The molecule has 3 heterocycles. The third kappa shape index (κ3) is 4.38. The Balaban J connectivity index is 1.29. The van der Waals surface area contributed by atoms with Crippen molar-refractivity contribution < 1.29 is 14.4 Å². The van der Waals surface area contributed by atoms with Gasteiger partial charge in [0, 0.05) is 48.4 Å². The number of aromatic nitrogens is 2. The summed E-state index contributed by atoms with van der Waals surface area (Å²) in [6.45, 7) is 11.8. The molecule has 3 aliphatic rings. The molecule has 2 amide bonds. The lowest BCUT2D eigenvalue weighted by molar-refractivity contribution is -0.115. The van der Waals surface area contributed by atoms with Crippen LogP contribution in [0.15, 0.2) is 29.4 Å². The van der Waals surface area contributed by atoms with Gasteiger partial charge in [-0.1, -0.05) is 6.07 Å². The van der Waals surface area contributed by atoms with Gasteiger partial charge in [0.05, 0.1) is 12.1 Å². The van der Waals surface area contributed by atoms with Gasteiger partial charge in [-0.2, -0.15) is 5.10 Å². The number of carbonyl (C=O) groups is 3. The maximum atomic E-state index is 13.4. The van der Waals surface area contributed by atoms with Gasteiger partial charge in [0.1, 0.15) is 11.4 Å². The fourth-order valence-electron chi connectivity index (χ4n) is 5.57. The van der Waals surface area contributed by atoms with Crippen molar-refractivity contribution in [1.29, 1.82) is 0 Å². The molecule has 1 aromatic heterocycles. The lowest BCUT2D eigenvalue weighted by atomic mass is 9.67. The number of benzene rings is 1. The number of nitrogens with zero attached hydrogens (tertiary/aromatic N) is 4. The number of rotatable bonds is 3. The van der Waals surface area contributed by atoms with E-state index in [1.165, 1.54) is 0 Å². The van der Waals surface area contributed by atoms with Crippen LogP contribution in [0.3, 0.4) is 0 Å².